The summed E-state index contributed by atoms with van der Waals surface area (Å²) in [4.78, 5) is 0.167. The third kappa shape index (κ3) is 3.44. The van der Waals surface area contributed by atoms with E-state index in [0.717, 1.165) is 26.3 Å². The van der Waals surface area contributed by atoms with Gasteiger partial charge in [-0.15, -0.1) is 9.19 Å². The van der Waals surface area contributed by atoms with E-state index in [9.17, 15) is 8.42 Å². The lowest BCUT2D eigenvalue weighted by molar-refractivity contribution is 0.577. The van der Waals surface area contributed by atoms with Crippen LogP contribution < -0.4 is 0 Å². The maximum Gasteiger partial charge on any atom is 0.284 e. The number of hydrogen-bond donors (Lipinski definition) is 0. The number of halogens is 1. The Bertz CT molecular complexity index is 1230. The Kier molecular flexibility index (Phi) is 4.75. The third-order valence-electron chi connectivity index (χ3n) is 4.40. The molecule has 0 aliphatic heterocycles. The zero-order chi connectivity index (χ0) is 19.7. The zero-order valence-electron chi connectivity index (χ0n) is 14.9. The van der Waals surface area contributed by atoms with Gasteiger partial charge in [-0.1, -0.05) is 70.9 Å². The molecule has 0 saturated heterocycles. The second-order valence-corrected chi connectivity index (χ2v) is 8.58. The Morgan fingerprint density at radius 2 is 1.50 bits per heavy atom. The first kappa shape index (κ1) is 18.4. The molecule has 5 nitrogen and oxygen atoms in total. The molecule has 0 bridgehead atoms. The van der Waals surface area contributed by atoms with E-state index in [2.05, 4.69) is 10.3 Å². The van der Waals surface area contributed by atoms with Crippen LogP contribution in [0.4, 0.5) is 0 Å². The van der Waals surface area contributed by atoms with Gasteiger partial charge >= 0.3 is 0 Å². The molecule has 3 aromatic carbocycles. The largest absolute Gasteiger partial charge is 0.284 e. The lowest BCUT2D eigenvalue weighted by atomic mass is 9.98. The van der Waals surface area contributed by atoms with E-state index in [1.165, 1.54) is 6.20 Å². The minimum atomic E-state index is -3.80. The minimum Gasteiger partial charge on any atom is -0.199 e. The average molecular weight is 410 g/mol. The van der Waals surface area contributed by atoms with Crippen LogP contribution >= 0.6 is 11.6 Å². The van der Waals surface area contributed by atoms with Crippen LogP contribution in [-0.4, -0.2) is 22.8 Å². The van der Waals surface area contributed by atoms with Crippen molar-refractivity contribution in [2.24, 2.45) is 0 Å². The van der Waals surface area contributed by atoms with Gasteiger partial charge in [0.05, 0.1) is 11.1 Å². The highest BCUT2D eigenvalue weighted by atomic mass is 35.5. The Labute approximate surface area is 168 Å². The molecule has 0 saturated carbocycles. The number of aryl methyl sites for hydroxylation is 1. The molecular weight excluding hydrogens is 394 g/mol. The predicted octanol–water partition coefficient (Wildman–Crippen LogP) is 4.81. The molecule has 0 unspecified atom stereocenters. The standard InChI is InChI=1S/C21H16ClN3O2S/c1-15-6-12-18(13-7-15)28(26,27)25-14-21(23-24-25)20-5-3-2-4-19(20)16-8-10-17(22)11-9-16/h2-14H,1H3. The van der Waals surface area contributed by atoms with Gasteiger partial charge in [-0.05, 0) is 42.3 Å². The first-order valence-electron chi connectivity index (χ1n) is 8.55. The van der Waals surface area contributed by atoms with Crippen molar-refractivity contribution in [3.8, 4) is 22.4 Å². The molecule has 1 heterocycles. The summed E-state index contributed by atoms with van der Waals surface area (Å²) in [6.45, 7) is 1.90. The highest BCUT2D eigenvalue weighted by Crippen LogP contribution is 2.31. The first-order chi connectivity index (χ1) is 13.4. The number of hydrogen-bond acceptors (Lipinski definition) is 4. The Hall–Kier alpha value is -2.96. The lowest BCUT2D eigenvalue weighted by Crippen LogP contribution is -2.13. The molecule has 0 atom stereocenters. The molecule has 1 aromatic heterocycles. The molecule has 0 radical (unpaired) electrons. The maximum absolute atomic E-state index is 12.8. The maximum atomic E-state index is 12.8. The molecule has 7 heteroatoms. The van der Waals surface area contributed by atoms with Gasteiger partial charge in [-0.3, -0.25) is 0 Å². The summed E-state index contributed by atoms with van der Waals surface area (Å²) < 4.78 is 26.6. The molecule has 0 fully saturated rings. The second-order valence-electron chi connectivity index (χ2n) is 6.35. The quantitative estimate of drug-likeness (QED) is 0.485. The van der Waals surface area contributed by atoms with Crippen molar-refractivity contribution < 1.29 is 8.42 Å². The molecule has 140 valence electrons. The van der Waals surface area contributed by atoms with Crippen LogP contribution in [0, 0.1) is 6.92 Å². The van der Waals surface area contributed by atoms with Crippen LogP contribution in [0.15, 0.2) is 83.9 Å². The van der Waals surface area contributed by atoms with E-state index < -0.39 is 10.0 Å². The van der Waals surface area contributed by atoms with Gasteiger partial charge in [0.1, 0.15) is 5.69 Å². The van der Waals surface area contributed by atoms with E-state index in [-0.39, 0.29) is 4.90 Å². The molecule has 0 N–H and O–H groups in total. The SMILES string of the molecule is Cc1ccc(S(=O)(=O)n2cc(-c3ccccc3-c3ccc(Cl)cc3)nn2)cc1. The lowest BCUT2D eigenvalue weighted by Gasteiger charge is -2.07. The van der Waals surface area contributed by atoms with Crippen molar-refractivity contribution in [3.05, 3.63) is 89.6 Å². The van der Waals surface area contributed by atoms with Crippen molar-refractivity contribution in [2.75, 3.05) is 0 Å². The van der Waals surface area contributed by atoms with Crippen LogP contribution in [0.2, 0.25) is 5.02 Å². The van der Waals surface area contributed by atoms with Gasteiger partial charge in [-0.2, -0.15) is 8.42 Å². The fourth-order valence-electron chi connectivity index (χ4n) is 2.90. The molecule has 0 amide bonds. The minimum absolute atomic E-state index is 0.167. The van der Waals surface area contributed by atoms with Gasteiger partial charge in [0.25, 0.3) is 10.0 Å². The fourth-order valence-corrected chi connectivity index (χ4v) is 4.09. The molecule has 4 rings (SSSR count). The molecule has 4 aromatic rings. The van der Waals surface area contributed by atoms with Gasteiger partial charge in [0.2, 0.25) is 0 Å². The fraction of sp³-hybridized carbons (Fsp3) is 0.0476. The number of aromatic nitrogens is 3. The summed E-state index contributed by atoms with van der Waals surface area (Å²) in [6, 6.07) is 21.7. The van der Waals surface area contributed by atoms with Gasteiger partial charge in [0.15, 0.2) is 0 Å². The highest BCUT2D eigenvalue weighted by molar-refractivity contribution is 7.89. The first-order valence-corrected chi connectivity index (χ1v) is 10.4. The molecule has 0 spiro atoms. The zero-order valence-corrected chi connectivity index (χ0v) is 16.5. The Morgan fingerprint density at radius 1 is 0.857 bits per heavy atom. The van der Waals surface area contributed by atoms with E-state index in [4.69, 9.17) is 11.6 Å². The smallest absolute Gasteiger partial charge is 0.199 e. The summed E-state index contributed by atoms with van der Waals surface area (Å²) in [5, 5.41) is 8.63. The van der Waals surface area contributed by atoms with E-state index in [0.29, 0.717) is 10.7 Å². The Balaban J connectivity index is 1.76. The number of nitrogens with zero attached hydrogens (tertiary/aromatic N) is 3. The second kappa shape index (κ2) is 7.22. The van der Waals surface area contributed by atoms with Gasteiger partial charge in [-0.25, -0.2) is 0 Å². The molecular formula is C21H16ClN3O2S. The van der Waals surface area contributed by atoms with Crippen LogP contribution in [0.3, 0.4) is 0 Å². The number of rotatable bonds is 4. The third-order valence-corrected chi connectivity index (χ3v) is 6.19. The molecule has 0 aliphatic rings. The number of benzene rings is 3. The Morgan fingerprint density at radius 3 is 2.18 bits per heavy atom. The predicted molar refractivity (Wildman–Crippen MR) is 110 cm³/mol. The van der Waals surface area contributed by atoms with Crippen molar-refractivity contribution in [3.63, 3.8) is 0 Å². The van der Waals surface area contributed by atoms with Crippen molar-refractivity contribution >= 4 is 21.6 Å². The topological polar surface area (TPSA) is 64.8 Å². The molecule has 0 aliphatic carbocycles. The van der Waals surface area contributed by atoms with Crippen LogP contribution in [0.1, 0.15) is 5.56 Å². The van der Waals surface area contributed by atoms with Crippen LogP contribution in [-0.2, 0) is 10.0 Å². The summed E-state index contributed by atoms with van der Waals surface area (Å²) in [6.07, 6.45) is 1.43. The van der Waals surface area contributed by atoms with Crippen molar-refractivity contribution in [1.82, 2.24) is 14.4 Å². The normalized spacial score (nSPS) is 11.5. The summed E-state index contributed by atoms with van der Waals surface area (Å²) in [5.74, 6) is 0. The molecule has 28 heavy (non-hydrogen) atoms. The van der Waals surface area contributed by atoms with E-state index in [1.807, 2.05) is 55.5 Å². The van der Waals surface area contributed by atoms with E-state index in [1.54, 1.807) is 24.3 Å². The summed E-state index contributed by atoms with van der Waals surface area (Å²) in [7, 11) is -3.80. The van der Waals surface area contributed by atoms with Crippen molar-refractivity contribution in [2.45, 2.75) is 11.8 Å². The van der Waals surface area contributed by atoms with Crippen LogP contribution in [0.25, 0.3) is 22.4 Å². The van der Waals surface area contributed by atoms with Gasteiger partial charge < -0.3 is 0 Å². The summed E-state index contributed by atoms with van der Waals surface area (Å²) >= 11 is 5.99. The van der Waals surface area contributed by atoms with Crippen LogP contribution in [0.5, 0.6) is 0 Å². The van der Waals surface area contributed by atoms with Gasteiger partial charge in [0, 0.05) is 10.6 Å². The average Bonchev–Trinajstić information content (AvgIpc) is 3.20. The van der Waals surface area contributed by atoms with Crippen molar-refractivity contribution in [1.29, 1.82) is 0 Å². The highest BCUT2D eigenvalue weighted by Gasteiger charge is 2.20. The van der Waals surface area contributed by atoms with E-state index >= 15 is 0 Å². The summed E-state index contributed by atoms with van der Waals surface area (Å²) in [5.41, 5.74) is 4.11. The monoisotopic (exact) mass is 409 g/mol.